The zero-order valence-electron chi connectivity index (χ0n) is 8.06. The highest BCUT2D eigenvalue weighted by molar-refractivity contribution is 6.20. The van der Waals surface area contributed by atoms with Gasteiger partial charge in [0, 0.05) is 11.9 Å². The number of alkyl halides is 1. The Balaban J connectivity index is 1.93. The van der Waals surface area contributed by atoms with Crippen molar-refractivity contribution in [2.75, 3.05) is 19.6 Å². The van der Waals surface area contributed by atoms with Crippen LogP contribution in [0.2, 0.25) is 0 Å². The van der Waals surface area contributed by atoms with Gasteiger partial charge in [-0.1, -0.05) is 26.2 Å². The topological polar surface area (TPSA) is 3.24 Å². The summed E-state index contributed by atoms with van der Waals surface area (Å²) in [6.45, 7) is 5.86. The summed E-state index contributed by atoms with van der Waals surface area (Å²) in [5, 5.41) is 0.427. The Morgan fingerprint density at radius 2 is 2.17 bits per heavy atom. The molecule has 0 aromatic carbocycles. The molecule has 1 saturated heterocycles. The van der Waals surface area contributed by atoms with Crippen LogP contribution < -0.4 is 0 Å². The van der Waals surface area contributed by atoms with Gasteiger partial charge in [0.2, 0.25) is 0 Å². The number of unbranched alkanes of at least 4 members (excludes halogenated alkanes) is 3. The molecule has 0 saturated carbocycles. The number of hydrogen-bond donors (Lipinski definition) is 0. The number of rotatable bonds is 5. The first kappa shape index (κ1) is 10.3. The summed E-state index contributed by atoms with van der Waals surface area (Å²) in [5.74, 6) is 0. The Hall–Kier alpha value is 0.250. The standard InChI is InChI=1S/C10H20ClN/c1-2-3-4-5-7-12-8-6-10(11)9-12/h10H,2-9H2,1H3. The largest absolute Gasteiger partial charge is 0.302 e. The van der Waals surface area contributed by atoms with Crippen LogP contribution in [0, 0.1) is 0 Å². The van der Waals surface area contributed by atoms with Crippen LogP contribution in [0.1, 0.15) is 39.0 Å². The minimum atomic E-state index is 0.427. The molecule has 0 spiro atoms. The van der Waals surface area contributed by atoms with E-state index >= 15 is 0 Å². The van der Waals surface area contributed by atoms with Crippen LogP contribution in [0.15, 0.2) is 0 Å². The highest BCUT2D eigenvalue weighted by atomic mass is 35.5. The molecule has 1 heterocycles. The SMILES string of the molecule is CCCCCCN1CCC(Cl)C1. The van der Waals surface area contributed by atoms with Gasteiger partial charge < -0.3 is 4.90 Å². The van der Waals surface area contributed by atoms with E-state index in [1.807, 2.05) is 0 Å². The first-order valence-corrected chi connectivity index (χ1v) is 5.63. The van der Waals surface area contributed by atoms with Crippen molar-refractivity contribution in [2.45, 2.75) is 44.4 Å². The highest BCUT2D eigenvalue weighted by Crippen LogP contribution is 2.15. The molecule has 0 aliphatic carbocycles. The second-order valence-electron chi connectivity index (χ2n) is 3.75. The summed E-state index contributed by atoms with van der Waals surface area (Å²) >= 11 is 6.01. The fourth-order valence-corrected chi connectivity index (χ4v) is 2.04. The van der Waals surface area contributed by atoms with Crippen LogP contribution in [-0.2, 0) is 0 Å². The molecule has 0 bridgehead atoms. The fraction of sp³-hybridized carbons (Fsp3) is 1.00. The maximum absolute atomic E-state index is 6.01. The van der Waals surface area contributed by atoms with Gasteiger partial charge in [0.1, 0.15) is 0 Å². The van der Waals surface area contributed by atoms with Crippen molar-refractivity contribution in [3.05, 3.63) is 0 Å². The summed E-state index contributed by atoms with van der Waals surface area (Å²) in [7, 11) is 0. The van der Waals surface area contributed by atoms with E-state index in [-0.39, 0.29) is 0 Å². The maximum atomic E-state index is 6.01. The summed E-state index contributed by atoms with van der Waals surface area (Å²) in [5.41, 5.74) is 0. The van der Waals surface area contributed by atoms with E-state index in [0.717, 1.165) is 6.54 Å². The number of likely N-dealkylation sites (tertiary alicyclic amines) is 1. The molecule has 12 heavy (non-hydrogen) atoms. The third-order valence-electron chi connectivity index (χ3n) is 2.54. The van der Waals surface area contributed by atoms with Gasteiger partial charge in [-0.25, -0.2) is 0 Å². The molecule has 0 N–H and O–H groups in total. The van der Waals surface area contributed by atoms with Crippen molar-refractivity contribution in [3.8, 4) is 0 Å². The molecular weight excluding hydrogens is 170 g/mol. The van der Waals surface area contributed by atoms with E-state index < -0.39 is 0 Å². The Morgan fingerprint density at radius 3 is 2.75 bits per heavy atom. The summed E-state index contributed by atoms with van der Waals surface area (Å²) in [6.07, 6.45) is 6.66. The van der Waals surface area contributed by atoms with Crippen molar-refractivity contribution in [1.82, 2.24) is 4.90 Å². The molecule has 0 amide bonds. The van der Waals surface area contributed by atoms with Gasteiger partial charge >= 0.3 is 0 Å². The maximum Gasteiger partial charge on any atom is 0.0475 e. The molecule has 1 aliphatic rings. The lowest BCUT2D eigenvalue weighted by molar-refractivity contribution is 0.329. The van der Waals surface area contributed by atoms with Crippen molar-refractivity contribution in [2.24, 2.45) is 0 Å². The van der Waals surface area contributed by atoms with Gasteiger partial charge in [0.25, 0.3) is 0 Å². The average molecular weight is 190 g/mol. The van der Waals surface area contributed by atoms with Gasteiger partial charge in [-0.3, -0.25) is 0 Å². The molecule has 1 unspecified atom stereocenters. The van der Waals surface area contributed by atoms with E-state index in [1.165, 1.54) is 45.2 Å². The second kappa shape index (κ2) is 5.82. The van der Waals surface area contributed by atoms with Gasteiger partial charge in [-0.2, -0.15) is 0 Å². The second-order valence-corrected chi connectivity index (χ2v) is 4.36. The van der Waals surface area contributed by atoms with Gasteiger partial charge in [0.15, 0.2) is 0 Å². The fourth-order valence-electron chi connectivity index (χ4n) is 1.75. The molecular formula is C10H20ClN. The third kappa shape index (κ3) is 3.77. The molecule has 1 nitrogen and oxygen atoms in total. The van der Waals surface area contributed by atoms with E-state index in [1.54, 1.807) is 0 Å². The smallest absolute Gasteiger partial charge is 0.0475 e. The lowest BCUT2D eigenvalue weighted by Gasteiger charge is -2.13. The molecule has 1 fully saturated rings. The van der Waals surface area contributed by atoms with E-state index in [4.69, 9.17) is 11.6 Å². The Kier molecular flexibility index (Phi) is 5.01. The predicted octanol–water partition coefficient (Wildman–Crippen LogP) is 2.88. The average Bonchev–Trinajstić information content (AvgIpc) is 2.45. The zero-order valence-corrected chi connectivity index (χ0v) is 8.82. The monoisotopic (exact) mass is 189 g/mol. The quantitative estimate of drug-likeness (QED) is 0.475. The number of nitrogens with zero attached hydrogens (tertiary/aromatic N) is 1. The summed E-state index contributed by atoms with van der Waals surface area (Å²) in [4.78, 5) is 2.49. The normalized spacial score (nSPS) is 25.0. The minimum absolute atomic E-state index is 0.427. The first-order chi connectivity index (χ1) is 5.83. The lowest BCUT2D eigenvalue weighted by atomic mass is 10.2. The molecule has 0 radical (unpaired) electrons. The number of hydrogen-bond acceptors (Lipinski definition) is 1. The van der Waals surface area contributed by atoms with Crippen molar-refractivity contribution in [3.63, 3.8) is 0 Å². The highest BCUT2D eigenvalue weighted by Gasteiger charge is 2.18. The molecule has 1 atom stereocenters. The predicted molar refractivity (Wildman–Crippen MR) is 54.8 cm³/mol. The van der Waals surface area contributed by atoms with Gasteiger partial charge in [-0.05, 0) is 25.9 Å². The third-order valence-corrected chi connectivity index (χ3v) is 2.90. The Morgan fingerprint density at radius 1 is 1.33 bits per heavy atom. The van der Waals surface area contributed by atoms with Crippen LogP contribution in [0.25, 0.3) is 0 Å². The van der Waals surface area contributed by atoms with Crippen LogP contribution in [0.5, 0.6) is 0 Å². The zero-order chi connectivity index (χ0) is 8.81. The van der Waals surface area contributed by atoms with Crippen molar-refractivity contribution < 1.29 is 0 Å². The van der Waals surface area contributed by atoms with Crippen LogP contribution in [0.4, 0.5) is 0 Å². The van der Waals surface area contributed by atoms with E-state index in [9.17, 15) is 0 Å². The molecule has 1 aliphatic heterocycles. The summed E-state index contributed by atoms with van der Waals surface area (Å²) < 4.78 is 0. The van der Waals surface area contributed by atoms with Gasteiger partial charge in [0.05, 0.1) is 0 Å². The van der Waals surface area contributed by atoms with Gasteiger partial charge in [-0.15, -0.1) is 11.6 Å². The van der Waals surface area contributed by atoms with Crippen LogP contribution >= 0.6 is 11.6 Å². The number of halogens is 1. The lowest BCUT2D eigenvalue weighted by Crippen LogP contribution is -2.21. The summed E-state index contributed by atoms with van der Waals surface area (Å²) in [6, 6.07) is 0. The first-order valence-electron chi connectivity index (χ1n) is 5.19. The Labute approximate surface area is 81.1 Å². The van der Waals surface area contributed by atoms with Crippen molar-refractivity contribution >= 4 is 11.6 Å². The van der Waals surface area contributed by atoms with E-state index in [0.29, 0.717) is 5.38 Å². The van der Waals surface area contributed by atoms with Crippen LogP contribution in [0.3, 0.4) is 0 Å². The molecule has 1 rings (SSSR count). The molecule has 2 heteroatoms. The van der Waals surface area contributed by atoms with Crippen molar-refractivity contribution in [1.29, 1.82) is 0 Å². The van der Waals surface area contributed by atoms with Crippen LogP contribution in [-0.4, -0.2) is 29.9 Å². The minimum Gasteiger partial charge on any atom is -0.302 e. The molecule has 0 aromatic rings. The Bertz CT molecular complexity index is 116. The molecule has 72 valence electrons. The molecule has 0 aromatic heterocycles. The van der Waals surface area contributed by atoms with E-state index in [2.05, 4.69) is 11.8 Å².